The third-order valence-electron chi connectivity index (χ3n) is 2.65. The highest BCUT2D eigenvalue weighted by Crippen LogP contribution is 2.36. The molecule has 0 radical (unpaired) electrons. The van der Waals surface area contributed by atoms with Crippen molar-refractivity contribution in [1.82, 2.24) is 0 Å². The molecule has 0 saturated carbocycles. The van der Waals surface area contributed by atoms with Gasteiger partial charge in [-0.25, -0.2) is 0 Å². The second kappa shape index (κ2) is 3.65. The van der Waals surface area contributed by atoms with Gasteiger partial charge >= 0.3 is 0 Å². The van der Waals surface area contributed by atoms with Crippen LogP contribution < -0.4 is 0 Å². The van der Waals surface area contributed by atoms with Crippen LogP contribution in [0.5, 0.6) is 0 Å². The Hall–Kier alpha value is -0.240. The van der Waals surface area contributed by atoms with Gasteiger partial charge in [-0.2, -0.15) is 0 Å². The third kappa shape index (κ3) is 1.89. The number of aliphatic hydroxyl groups excluding tert-OH is 3. The molecule has 2 fully saturated rings. The molecule has 88 valence electrons. The van der Waals surface area contributed by atoms with Crippen LogP contribution in [0.2, 0.25) is 0 Å². The van der Waals surface area contributed by atoms with Crippen LogP contribution in [-0.4, -0.2) is 58.4 Å². The van der Waals surface area contributed by atoms with E-state index in [1.54, 1.807) is 13.8 Å². The number of ether oxygens (including phenoxy) is 3. The van der Waals surface area contributed by atoms with Crippen molar-refractivity contribution >= 4 is 0 Å². The second-order valence-electron chi connectivity index (χ2n) is 4.30. The molecule has 0 aromatic heterocycles. The lowest BCUT2D eigenvalue weighted by atomic mass is 10.00. The van der Waals surface area contributed by atoms with E-state index >= 15 is 0 Å². The first-order valence-electron chi connectivity index (χ1n) is 4.93. The van der Waals surface area contributed by atoms with Gasteiger partial charge in [0.1, 0.15) is 24.4 Å². The summed E-state index contributed by atoms with van der Waals surface area (Å²) in [7, 11) is 0. The van der Waals surface area contributed by atoms with Crippen molar-refractivity contribution in [2.24, 2.45) is 0 Å². The zero-order valence-corrected chi connectivity index (χ0v) is 8.66. The number of hydrogen-bond donors (Lipinski definition) is 3. The first-order valence-corrected chi connectivity index (χ1v) is 4.93. The van der Waals surface area contributed by atoms with Gasteiger partial charge in [0.15, 0.2) is 12.1 Å². The smallest absolute Gasteiger partial charge is 0.184 e. The van der Waals surface area contributed by atoms with Crippen LogP contribution in [0.1, 0.15) is 13.8 Å². The lowest BCUT2D eigenvalue weighted by molar-refractivity contribution is -0.264. The number of fused-ring (bicyclic) bond motifs is 1. The molecule has 0 aromatic rings. The Kier molecular flexibility index (Phi) is 2.74. The minimum Gasteiger partial charge on any atom is -0.394 e. The van der Waals surface area contributed by atoms with Crippen LogP contribution in [-0.2, 0) is 14.2 Å². The zero-order valence-electron chi connectivity index (χ0n) is 8.66. The van der Waals surface area contributed by atoms with Crippen molar-refractivity contribution in [2.45, 2.75) is 50.3 Å². The largest absolute Gasteiger partial charge is 0.394 e. The SMILES string of the molecule is CC1(C)O[C@@H]2[C@@H](O)[C@H](O)O[C@H](CO)[C@@H]2O1. The minimum absolute atomic E-state index is 0.287. The summed E-state index contributed by atoms with van der Waals surface area (Å²) in [6.45, 7) is 3.13. The highest BCUT2D eigenvalue weighted by Gasteiger charge is 2.54. The molecule has 3 N–H and O–H groups in total. The van der Waals surface area contributed by atoms with Crippen LogP contribution in [0.15, 0.2) is 0 Å². The summed E-state index contributed by atoms with van der Waals surface area (Å²) in [6, 6.07) is 0. The second-order valence-corrected chi connectivity index (χ2v) is 4.30. The van der Waals surface area contributed by atoms with E-state index in [9.17, 15) is 10.2 Å². The van der Waals surface area contributed by atoms with E-state index in [1.165, 1.54) is 0 Å². The highest BCUT2D eigenvalue weighted by atomic mass is 16.8. The molecule has 0 amide bonds. The maximum atomic E-state index is 9.63. The van der Waals surface area contributed by atoms with E-state index in [2.05, 4.69) is 0 Å². The van der Waals surface area contributed by atoms with Crippen LogP contribution in [0.3, 0.4) is 0 Å². The summed E-state index contributed by atoms with van der Waals surface area (Å²) in [5.74, 6) is -0.836. The maximum Gasteiger partial charge on any atom is 0.184 e. The molecule has 5 atom stereocenters. The average molecular weight is 220 g/mol. The fraction of sp³-hybridized carbons (Fsp3) is 1.00. The van der Waals surface area contributed by atoms with E-state index < -0.39 is 36.5 Å². The van der Waals surface area contributed by atoms with Gasteiger partial charge in [0.2, 0.25) is 0 Å². The molecule has 2 rings (SSSR count). The van der Waals surface area contributed by atoms with E-state index in [0.29, 0.717) is 0 Å². The monoisotopic (exact) mass is 220 g/mol. The minimum atomic E-state index is -1.35. The Balaban J connectivity index is 2.18. The van der Waals surface area contributed by atoms with E-state index in [-0.39, 0.29) is 6.61 Å². The molecule has 15 heavy (non-hydrogen) atoms. The van der Waals surface area contributed by atoms with Gasteiger partial charge < -0.3 is 29.5 Å². The van der Waals surface area contributed by atoms with E-state index in [4.69, 9.17) is 19.3 Å². The molecule has 2 saturated heterocycles. The first kappa shape index (κ1) is 11.3. The molecule has 2 aliphatic heterocycles. The third-order valence-corrected chi connectivity index (χ3v) is 2.65. The van der Waals surface area contributed by atoms with Crippen molar-refractivity contribution in [3.05, 3.63) is 0 Å². The van der Waals surface area contributed by atoms with Crippen molar-refractivity contribution in [3.63, 3.8) is 0 Å². The summed E-state index contributed by atoms with van der Waals surface area (Å²) in [5, 5.41) is 28.1. The van der Waals surface area contributed by atoms with Gasteiger partial charge in [-0.1, -0.05) is 0 Å². The topological polar surface area (TPSA) is 88.4 Å². The van der Waals surface area contributed by atoms with E-state index in [1.807, 2.05) is 0 Å². The molecule has 0 bridgehead atoms. The Labute approximate surface area is 87.4 Å². The molecule has 0 aromatic carbocycles. The fourth-order valence-corrected chi connectivity index (χ4v) is 2.02. The van der Waals surface area contributed by atoms with Crippen molar-refractivity contribution in [3.8, 4) is 0 Å². The molecule has 0 aliphatic carbocycles. The standard InChI is InChI=1S/C9H16O6/c1-9(2)14-6-4(3-10)13-8(12)5(11)7(6)15-9/h4-8,10-12H,3H2,1-2H3/t4-,5-,6+,7-,8-/m1/s1. The Morgan fingerprint density at radius 3 is 2.33 bits per heavy atom. The summed E-state index contributed by atoms with van der Waals surface area (Å²) in [6.07, 6.45) is -4.39. The van der Waals surface area contributed by atoms with Gasteiger partial charge in [0.25, 0.3) is 0 Å². The van der Waals surface area contributed by atoms with Crippen LogP contribution in [0.4, 0.5) is 0 Å². The molecule has 2 heterocycles. The van der Waals surface area contributed by atoms with Crippen molar-refractivity contribution < 1.29 is 29.5 Å². The molecular formula is C9H16O6. The first-order chi connectivity index (χ1) is 6.94. The summed E-state index contributed by atoms with van der Waals surface area (Å²) >= 11 is 0. The molecule has 6 nitrogen and oxygen atoms in total. The van der Waals surface area contributed by atoms with Crippen molar-refractivity contribution in [2.75, 3.05) is 6.61 Å². The fourth-order valence-electron chi connectivity index (χ4n) is 2.02. The normalized spacial score (nSPS) is 49.0. The molecule has 2 aliphatic rings. The predicted octanol–water partition coefficient (Wildman–Crippen LogP) is -1.42. The lowest BCUT2D eigenvalue weighted by Crippen LogP contribution is -2.57. The van der Waals surface area contributed by atoms with Crippen LogP contribution >= 0.6 is 0 Å². The number of hydrogen-bond acceptors (Lipinski definition) is 6. The van der Waals surface area contributed by atoms with Gasteiger partial charge in [-0.05, 0) is 13.8 Å². The van der Waals surface area contributed by atoms with E-state index in [0.717, 1.165) is 0 Å². The Morgan fingerprint density at radius 2 is 1.73 bits per heavy atom. The maximum absolute atomic E-state index is 9.63. The van der Waals surface area contributed by atoms with Gasteiger partial charge in [-0.15, -0.1) is 0 Å². The highest BCUT2D eigenvalue weighted by molar-refractivity contribution is 4.95. The van der Waals surface area contributed by atoms with Crippen LogP contribution in [0.25, 0.3) is 0 Å². The predicted molar refractivity (Wildman–Crippen MR) is 47.8 cm³/mol. The Morgan fingerprint density at radius 1 is 1.13 bits per heavy atom. The number of aliphatic hydroxyl groups is 3. The van der Waals surface area contributed by atoms with Crippen LogP contribution in [0, 0.1) is 0 Å². The van der Waals surface area contributed by atoms with Gasteiger partial charge in [-0.3, -0.25) is 0 Å². The van der Waals surface area contributed by atoms with Gasteiger partial charge in [0, 0.05) is 0 Å². The Bertz CT molecular complexity index is 235. The molecule has 0 unspecified atom stereocenters. The lowest BCUT2D eigenvalue weighted by Gasteiger charge is -2.36. The quantitative estimate of drug-likeness (QED) is 0.502. The summed E-state index contributed by atoms with van der Waals surface area (Å²) < 4.78 is 15.9. The molecule has 0 spiro atoms. The van der Waals surface area contributed by atoms with Gasteiger partial charge in [0.05, 0.1) is 6.61 Å². The molecular weight excluding hydrogens is 204 g/mol. The average Bonchev–Trinajstić information content (AvgIpc) is 2.48. The zero-order chi connectivity index (χ0) is 11.2. The molecule has 6 heteroatoms. The number of rotatable bonds is 1. The summed E-state index contributed by atoms with van der Waals surface area (Å²) in [4.78, 5) is 0. The van der Waals surface area contributed by atoms with Crippen molar-refractivity contribution in [1.29, 1.82) is 0 Å². The summed E-state index contributed by atoms with van der Waals surface area (Å²) in [5.41, 5.74) is 0.